The van der Waals surface area contributed by atoms with Gasteiger partial charge in [-0.1, -0.05) is 0 Å². The van der Waals surface area contributed by atoms with Crippen LogP contribution in [-0.2, 0) is 14.2 Å². The molecule has 0 aliphatic carbocycles. The number of carbonyl (C=O) groups is 1. The van der Waals surface area contributed by atoms with Crippen LogP contribution in [-0.4, -0.2) is 52.3 Å². The lowest BCUT2D eigenvalue weighted by Gasteiger charge is -2.09. The molecular weight excluding hydrogens is 224 g/mol. The Morgan fingerprint density at radius 2 is 1.94 bits per heavy atom. The molecule has 0 atom stereocenters. The first-order valence-electron chi connectivity index (χ1n) is 5.86. The third-order valence-electron chi connectivity index (χ3n) is 1.82. The number of hydrogen-bond donors (Lipinski definition) is 2. The van der Waals surface area contributed by atoms with E-state index in [1.54, 1.807) is 7.11 Å². The van der Waals surface area contributed by atoms with E-state index in [2.05, 4.69) is 10.6 Å². The fourth-order valence-electron chi connectivity index (χ4n) is 0.987. The number of hydrogen-bond acceptors (Lipinski definition) is 4. The summed E-state index contributed by atoms with van der Waals surface area (Å²) in [7, 11) is 1.60. The van der Waals surface area contributed by atoms with Crippen LogP contribution in [0.1, 0.15) is 20.3 Å². The second-order valence-electron chi connectivity index (χ2n) is 3.75. The monoisotopic (exact) mass is 248 g/mol. The molecule has 6 heteroatoms. The topological polar surface area (TPSA) is 68.8 Å². The van der Waals surface area contributed by atoms with Gasteiger partial charge in [0.05, 0.1) is 19.3 Å². The largest absolute Gasteiger partial charge is 0.382 e. The normalized spacial score (nSPS) is 10.6. The van der Waals surface area contributed by atoms with E-state index in [4.69, 9.17) is 14.2 Å². The van der Waals surface area contributed by atoms with Gasteiger partial charge in [0.15, 0.2) is 0 Å². The summed E-state index contributed by atoms with van der Waals surface area (Å²) in [4.78, 5) is 11.2. The fourth-order valence-corrected chi connectivity index (χ4v) is 0.987. The minimum absolute atomic E-state index is 0.192. The molecule has 102 valence electrons. The van der Waals surface area contributed by atoms with Crippen molar-refractivity contribution in [1.82, 2.24) is 10.6 Å². The van der Waals surface area contributed by atoms with E-state index in [1.165, 1.54) is 0 Å². The molecule has 17 heavy (non-hydrogen) atoms. The minimum Gasteiger partial charge on any atom is -0.382 e. The Hall–Kier alpha value is -0.850. The number of rotatable bonds is 10. The van der Waals surface area contributed by atoms with Gasteiger partial charge in [0.25, 0.3) is 0 Å². The lowest BCUT2D eigenvalue weighted by Crippen LogP contribution is -2.37. The Balaban J connectivity index is 3.18. The molecule has 0 aliphatic rings. The molecule has 0 aromatic carbocycles. The zero-order valence-electron chi connectivity index (χ0n) is 11.0. The summed E-state index contributed by atoms with van der Waals surface area (Å²) in [5, 5.41) is 5.28. The van der Waals surface area contributed by atoms with Crippen LogP contribution in [0.25, 0.3) is 0 Å². The highest BCUT2D eigenvalue weighted by atomic mass is 16.5. The highest BCUT2D eigenvalue weighted by molar-refractivity contribution is 5.73. The van der Waals surface area contributed by atoms with Gasteiger partial charge >= 0.3 is 6.03 Å². The Morgan fingerprint density at radius 1 is 1.18 bits per heavy atom. The molecular formula is C11H24N2O4. The maximum absolute atomic E-state index is 11.2. The van der Waals surface area contributed by atoms with E-state index in [0.717, 1.165) is 6.42 Å². The van der Waals surface area contributed by atoms with Crippen LogP contribution in [0.2, 0.25) is 0 Å². The maximum Gasteiger partial charge on any atom is 0.316 e. The minimum atomic E-state index is -0.230. The first kappa shape index (κ1) is 16.1. The SMILES string of the molecule is COCCOCNC(=O)NCCCOC(C)C. The molecule has 2 amide bonds. The highest BCUT2D eigenvalue weighted by Crippen LogP contribution is 1.88. The molecule has 0 bridgehead atoms. The van der Waals surface area contributed by atoms with Crippen LogP contribution in [0.3, 0.4) is 0 Å². The number of nitrogens with one attached hydrogen (secondary N) is 2. The molecule has 6 nitrogen and oxygen atoms in total. The molecule has 2 N–H and O–H groups in total. The molecule has 0 aromatic heterocycles. The van der Waals surface area contributed by atoms with Crippen LogP contribution in [0.4, 0.5) is 4.79 Å². The lowest BCUT2D eigenvalue weighted by molar-refractivity contribution is 0.0639. The first-order chi connectivity index (χ1) is 8.16. The Morgan fingerprint density at radius 3 is 2.59 bits per heavy atom. The first-order valence-corrected chi connectivity index (χ1v) is 5.86. The second kappa shape index (κ2) is 11.6. The van der Waals surface area contributed by atoms with E-state index >= 15 is 0 Å². The Kier molecular flexibility index (Phi) is 11.0. The van der Waals surface area contributed by atoms with E-state index in [0.29, 0.717) is 26.4 Å². The van der Waals surface area contributed by atoms with E-state index in [-0.39, 0.29) is 18.9 Å². The molecule has 0 spiro atoms. The molecule has 0 fully saturated rings. The third kappa shape index (κ3) is 13.1. The number of ether oxygens (including phenoxy) is 3. The van der Waals surface area contributed by atoms with Crippen LogP contribution < -0.4 is 10.6 Å². The fraction of sp³-hybridized carbons (Fsp3) is 0.909. The molecule has 0 aliphatic heterocycles. The molecule has 0 radical (unpaired) electrons. The number of urea groups is 1. The van der Waals surface area contributed by atoms with Gasteiger partial charge in [-0.25, -0.2) is 4.79 Å². The van der Waals surface area contributed by atoms with E-state index < -0.39 is 0 Å². The van der Waals surface area contributed by atoms with Crippen molar-refractivity contribution in [1.29, 1.82) is 0 Å². The van der Waals surface area contributed by atoms with Crippen LogP contribution >= 0.6 is 0 Å². The average molecular weight is 248 g/mol. The van der Waals surface area contributed by atoms with Gasteiger partial charge in [-0.2, -0.15) is 0 Å². The Labute approximate surface area is 103 Å². The number of methoxy groups -OCH3 is 1. The summed E-state index contributed by atoms with van der Waals surface area (Å²) in [6, 6.07) is -0.230. The van der Waals surface area contributed by atoms with Crippen LogP contribution in [0.5, 0.6) is 0 Å². The molecule has 0 saturated carbocycles. The molecule has 0 aromatic rings. The zero-order chi connectivity index (χ0) is 12.9. The van der Waals surface area contributed by atoms with Crippen molar-refractivity contribution in [2.75, 3.05) is 40.2 Å². The molecule has 0 rings (SSSR count). The maximum atomic E-state index is 11.2. The van der Waals surface area contributed by atoms with Crippen molar-refractivity contribution >= 4 is 6.03 Å². The van der Waals surface area contributed by atoms with Crippen molar-refractivity contribution in [2.24, 2.45) is 0 Å². The smallest absolute Gasteiger partial charge is 0.316 e. The summed E-state index contributed by atoms with van der Waals surface area (Å²) in [5.74, 6) is 0. The molecule has 0 heterocycles. The second-order valence-corrected chi connectivity index (χ2v) is 3.75. The van der Waals surface area contributed by atoms with Gasteiger partial charge in [-0.15, -0.1) is 0 Å². The van der Waals surface area contributed by atoms with Crippen LogP contribution in [0, 0.1) is 0 Å². The van der Waals surface area contributed by atoms with Crippen molar-refractivity contribution < 1.29 is 19.0 Å². The molecule has 0 saturated heterocycles. The van der Waals surface area contributed by atoms with Gasteiger partial charge in [-0.3, -0.25) is 0 Å². The van der Waals surface area contributed by atoms with Crippen molar-refractivity contribution in [3.63, 3.8) is 0 Å². The van der Waals surface area contributed by atoms with Gasteiger partial charge in [0.1, 0.15) is 6.73 Å². The van der Waals surface area contributed by atoms with E-state index in [9.17, 15) is 4.79 Å². The quantitative estimate of drug-likeness (QED) is 0.441. The number of carbonyl (C=O) groups excluding carboxylic acids is 1. The van der Waals surface area contributed by atoms with Crippen LogP contribution in [0.15, 0.2) is 0 Å². The number of amides is 2. The van der Waals surface area contributed by atoms with Crippen molar-refractivity contribution in [2.45, 2.75) is 26.4 Å². The summed E-state index contributed by atoms with van der Waals surface area (Å²) in [5.41, 5.74) is 0. The Bertz CT molecular complexity index is 188. The predicted octanol–water partition coefficient (Wildman–Crippen LogP) is 0.721. The summed E-state index contributed by atoms with van der Waals surface area (Å²) >= 11 is 0. The van der Waals surface area contributed by atoms with Crippen molar-refractivity contribution in [3.8, 4) is 0 Å². The van der Waals surface area contributed by atoms with E-state index in [1.807, 2.05) is 13.8 Å². The predicted molar refractivity (Wildman–Crippen MR) is 64.9 cm³/mol. The third-order valence-corrected chi connectivity index (χ3v) is 1.82. The van der Waals surface area contributed by atoms with Gasteiger partial charge < -0.3 is 24.8 Å². The van der Waals surface area contributed by atoms with Gasteiger partial charge in [-0.05, 0) is 20.3 Å². The van der Waals surface area contributed by atoms with Gasteiger partial charge in [0, 0.05) is 20.3 Å². The summed E-state index contributed by atoms with van der Waals surface area (Å²) in [6.07, 6.45) is 1.04. The summed E-state index contributed by atoms with van der Waals surface area (Å²) in [6.45, 7) is 6.40. The summed E-state index contributed by atoms with van der Waals surface area (Å²) < 4.78 is 15.2. The van der Waals surface area contributed by atoms with Gasteiger partial charge in [0.2, 0.25) is 0 Å². The molecule has 0 unspecified atom stereocenters. The van der Waals surface area contributed by atoms with Crippen molar-refractivity contribution in [3.05, 3.63) is 0 Å². The average Bonchev–Trinajstić information content (AvgIpc) is 2.28. The lowest BCUT2D eigenvalue weighted by atomic mass is 10.4. The zero-order valence-corrected chi connectivity index (χ0v) is 11.0. The standard InChI is InChI=1S/C11H24N2O4/c1-10(2)17-6-4-5-12-11(14)13-9-16-8-7-15-3/h10H,4-9H2,1-3H3,(H2,12,13,14). The highest BCUT2D eigenvalue weighted by Gasteiger charge is 1.98.